The van der Waals surface area contributed by atoms with Gasteiger partial charge in [0.1, 0.15) is 23.3 Å². The zero-order valence-electron chi connectivity index (χ0n) is 9.88. The number of benzene rings is 2. The van der Waals surface area contributed by atoms with Gasteiger partial charge in [-0.1, -0.05) is 0 Å². The summed E-state index contributed by atoms with van der Waals surface area (Å²) in [6.07, 6.45) is 0. The summed E-state index contributed by atoms with van der Waals surface area (Å²) >= 11 is 0. The van der Waals surface area contributed by atoms with Gasteiger partial charge in [0.15, 0.2) is 0 Å². The van der Waals surface area contributed by atoms with Crippen molar-refractivity contribution < 1.29 is 22.4 Å². The molecule has 0 heterocycles. The van der Waals surface area contributed by atoms with Crippen LogP contribution in [0.1, 0.15) is 0 Å². The molecule has 0 saturated carbocycles. The Balaban J connectivity index is 2.09. The molecule has 0 aromatic heterocycles. The van der Waals surface area contributed by atoms with Crippen LogP contribution in [0.2, 0.25) is 0 Å². The van der Waals surface area contributed by atoms with Crippen LogP contribution < -0.4 is 10.6 Å². The van der Waals surface area contributed by atoms with Gasteiger partial charge in [0.2, 0.25) is 0 Å². The molecule has 3 nitrogen and oxygen atoms in total. The van der Waals surface area contributed by atoms with E-state index in [1.54, 1.807) is 0 Å². The van der Waals surface area contributed by atoms with Gasteiger partial charge in [0.05, 0.1) is 5.69 Å². The molecular formula is C13H8F4N2O. The third-order valence-electron chi connectivity index (χ3n) is 2.30. The highest BCUT2D eigenvalue weighted by Crippen LogP contribution is 2.16. The average molecular weight is 284 g/mol. The van der Waals surface area contributed by atoms with Crippen LogP contribution in [0, 0.1) is 23.3 Å². The quantitative estimate of drug-likeness (QED) is 0.807. The standard InChI is InChI=1S/C13H8F4N2O/c14-7-1-2-12(11(17)6-7)19-13(20)18-10-4-8(15)3-9(16)5-10/h1-6H,(H2,18,19,20). The first-order chi connectivity index (χ1) is 9.44. The number of hydrogen-bond acceptors (Lipinski definition) is 1. The fourth-order valence-corrected chi connectivity index (χ4v) is 1.50. The van der Waals surface area contributed by atoms with Gasteiger partial charge < -0.3 is 10.6 Å². The Hall–Kier alpha value is -2.57. The number of amides is 2. The average Bonchev–Trinajstić information content (AvgIpc) is 2.31. The van der Waals surface area contributed by atoms with E-state index in [4.69, 9.17) is 0 Å². The lowest BCUT2D eigenvalue weighted by Crippen LogP contribution is -2.20. The zero-order valence-corrected chi connectivity index (χ0v) is 9.88. The Morgan fingerprint density at radius 1 is 0.800 bits per heavy atom. The first-order valence-corrected chi connectivity index (χ1v) is 5.43. The molecule has 0 unspecified atom stereocenters. The van der Waals surface area contributed by atoms with E-state index in [0.29, 0.717) is 12.1 Å². The maximum Gasteiger partial charge on any atom is 0.323 e. The van der Waals surface area contributed by atoms with Crippen LogP contribution in [0.3, 0.4) is 0 Å². The maximum atomic E-state index is 13.3. The van der Waals surface area contributed by atoms with Crippen molar-refractivity contribution in [3.8, 4) is 0 Å². The van der Waals surface area contributed by atoms with Crippen LogP contribution in [-0.4, -0.2) is 6.03 Å². The number of halogens is 4. The molecule has 2 rings (SSSR count). The molecule has 2 N–H and O–H groups in total. The van der Waals surface area contributed by atoms with E-state index in [2.05, 4.69) is 10.6 Å². The fourth-order valence-electron chi connectivity index (χ4n) is 1.50. The third-order valence-corrected chi connectivity index (χ3v) is 2.30. The lowest BCUT2D eigenvalue weighted by Gasteiger charge is -2.08. The van der Waals surface area contributed by atoms with Crippen LogP contribution in [0.4, 0.5) is 33.7 Å². The molecule has 7 heteroatoms. The first-order valence-electron chi connectivity index (χ1n) is 5.43. The Labute approximate surface area is 111 Å². The Morgan fingerprint density at radius 2 is 1.45 bits per heavy atom. The highest BCUT2D eigenvalue weighted by Gasteiger charge is 2.09. The summed E-state index contributed by atoms with van der Waals surface area (Å²) in [6.45, 7) is 0. The molecule has 0 radical (unpaired) electrons. The lowest BCUT2D eigenvalue weighted by molar-refractivity contribution is 0.262. The van der Waals surface area contributed by atoms with E-state index >= 15 is 0 Å². The highest BCUT2D eigenvalue weighted by atomic mass is 19.1. The minimum atomic E-state index is -0.967. The maximum absolute atomic E-state index is 13.3. The predicted octanol–water partition coefficient (Wildman–Crippen LogP) is 3.89. The molecule has 0 aliphatic heterocycles. The first kappa shape index (κ1) is 13.9. The summed E-state index contributed by atoms with van der Waals surface area (Å²) in [6, 6.07) is 4.09. The van der Waals surface area contributed by atoms with Gasteiger partial charge in [0.25, 0.3) is 0 Å². The van der Waals surface area contributed by atoms with Crippen LogP contribution in [-0.2, 0) is 0 Å². The predicted molar refractivity (Wildman–Crippen MR) is 65.4 cm³/mol. The zero-order chi connectivity index (χ0) is 14.7. The molecule has 2 aromatic rings. The lowest BCUT2D eigenvalue weighted by atomic mass is 10.3. The summed E-state index contributed by atoms with van der Waals surface area (Å²) in [5.74, 6) is -3.49. The summed E-state index contributed by atoms with van der Waals surface area (Å²) in [4.78, 5) is 11.5. The van der Waals surface area contributed by atoms with Crippen molar-refractivity contribution in [1.29, 1.82) is 0 Å². The third kappa shape index (κ3) is 3.47. The second-order valence-corrected chi connectivity index (χ2v) is 3.86. The summed E-state index contributed by atoms with van der Waals surface area (Å²) in [5, 5.41) is 4.21. The second-order valence-electron chi connectivity index (χ2n) is 3.86. The van der Waals surface area contributed by atoms with Crippen molar-refractivity contribution in [2.24, 2.45) is 0 Å². The Morgan fingerprint density at radius 3 is 2.05 bits per heavy atom. The van der Waals surface area contributed by atoms with Gasteiger partial charge in [-0.3, -0.25) is 0 Å². The van der Waals surface area contributed by atoms with Gasteiger partial charge in [-0.15, -0.1) is 0 Å². The highest BCUT2D eigenvalue weighted by molar-refractivity contribution is 5.99. The topological polar surface area (TPSA) is 41.1 Å². The van der Waals surface area contributed by atoms with Crippen molar-refractivity contribution in [1.82, 2.24) is 0 Å². The van der Waals surface area contributed by atoms with Gasteiger partial charge in [0, 0.05) is 17.8 Å². The molecule has 0 aliphatic carbocycles. The van der Waals surface area contributed by atoms with Crippen molar-refractivity contribution in [3.63, 3.8) is 0 Å². The van der Waals surface area contributed by atoms with Crippen molar-refractivity contribution in [2.75, 3.05) is 10.6 Å². The second kappa shape index (κ2) is 5.60. The number of carbonyl (C=O) groups excluding carboxylic acids is 1. The van der Waals surface area contributed by atoms with E-state index in [0.717, 1.165) is 24.3 Å². The molecule has 2 aromatic carbocycles. The number of hydrogen-bond donors (Lipinski definition) is 2. The largest absolute Gasteiger partial charge is 0.323 e. The number of carbonyl (C=O) groups is 1. The molecule has 0 bridgehead atoms. The molecule has 0 spiro atoms. The summed E-state index contributed by atoms with van der Waals surface area (Å²) in [7, 11) is 0. The fraction of sp³-hybridized carbons (Fsp3) is 0. The molecule has 2 amide bonds. The number of nitrogens with one attached hydrogen (secondary N) is 2. The van der Waals surface area contributed by atoms with Crippen molar-refractivity contribution in [2.45, 2.75) is 0 Å². The van der Waals surface area contributed by atoms with E-state index in [1.165, 1.54) is 0 Å². The molecule has 0 fully saturated rings. The van der Waals surface area contributed by atoms with Gasteiger partial charge in [-0.05, 0) is 24.3 Å². The molecule has 0 saturated heterocycles. The number of anilines is 2. The van der Waals surface area contributed by atoms with E-state index in [9.17, 15) is 22.4 Å². The Kier molecular flexibility index (Phi) is 3.88. The molecule has 0 atom stereocenters. The van der Waals surface area contributed by atoms with Crippen LogP contribution in [0.25, 0.3) is 0 Å². The summed E-state index contributed by atoms with van der Waals surface area (Å²) in [5.41, 5.74) is -0.400. The normalized spacial score (nSPS) is 10.2. The SMILES string of the molecule is O=C(Nc1cc(F)cc(F)c1)Nc1ccc(F)cc1F. The van der Waals surface area contributed by atoms with Crippen molar-refractivity contribution >= 4 is 17.4 Å². The summed E-state index contributed by atoms with van der Waals surface area (Å²) < 4.78 is 51.7. The van der Waals surface area contributed by atoms with Crippen LogP contribution >= 0.6 is 0 Å². The molecule has 104 valence electrons. The van der Waals surface area contributed by atoms with E-state index < -0.39 is 29.3 Å². The van der Waals surface area contributed by atoms with Crippen LogP contribution in [0.15, 0.2) is 36.4 Å². The van der Waals surface area contributed by atoms with Crippen molar-refractivity contribution in [3.05, 3.63) is 59.7 Å². The van der Waals surface area contributed by atoms with Crippen LogP contribution in [0.5, 0.6) is 0 Å². The molecule has 0 aliphatic rings. The van der Waals surface area contributed by atoms with E-state index in [-0.39, 0.29) is 11.4 Å². The van der Waals surface area contributed by atoms with Gasteiger partial charge in [-0.25, -0.2) is 22.4 Å². The molecule has 20 heavy (non-hydrogen) atoms. The monoisotopic (exact) mass is 284 g/mol. The molecular weight excluding hydrogens is 276 g/mol. The van der Waals surface area contributed by atoms with Gasteiger partial charge in [-0.2, -0.15) is 0 Å². The number of urea groups is 1. The minimum absolute atomic E-state index is 0.137. The van der Waals surface area contributed by atoms with Gasteiger partial charge >= 0.3 is 6.03 Å². The van der Waals surface area contributed by atoms with E-state index in [1.807, 2.05) is 0 Å². The smallest absolute Gasteiger partial charge is 0.308 e. The minimum Gasteiger partial charge on any atom is -0.308 e. The Bertz CT molecular complexity index is 641. The number of rotatable bonds is 2.